The second-order valence-electron chi connectivity index (χ2n) is 17.3. The van der Waals surface area contributed by atoms with Crippen LogP contribution in [-0.4, -0.2) is 16.1 Å². The van der Waals surface area contributed by atoms with E-state index in [0.29, 0.717) is 0 Å². The molecule has 6 aromatic carbocycles. The molecule has 3 aromatic heterocycles. The zero-order valence-electron chi connectivity index (χ0n) is 31.6. The zero-order chi connectivity index (χ0) is 36.7. The van der Waals surface area contributed by atoms with Gasteiger partial charge >= 0.3 is 0 Å². The minimum atomic E-state index is -0.0122. The van der Waals surface area contributed by atoms with E-state index < -0.39 is 0 Å². The molecule has 0 radical (unpaired) electrons. The molecule has 0 aliphatic carbocycles. The van der Waals surface area contributed by atoms with Crippen molar-refractivity contribution in [1.29, 1.82) is 0 Å². The first kappa shape index (κ1) is 31.5. The summed E-state index contributed by atoms with van der Waals surface area (Å²) in [5, 5.41) is 5.20. The number of pyridine rings is 1. The molecule has 0 amide bonds. The second-order valence-corrected chi connectivity index (χ2v) is 17.3. The topological polar surface area (TPSA) is 23.8 Å². The fourth-order valence-corrected chi connectivity index (χ4v) is 9.56. The lowest BCUT2D eigenvalue weighted by atomic mass is 9.33. The number of benzene rings is 6. The molecule has 5 heterocycles. The Kier molecular flexibility index (Phi) is 6.27. The number of hydrogen-bond donors (Lipinski definition) is 0. The van der Waals surface area contributed by atoms with Crippen molar-refractivity contribution in [1.82, 2.24) is 9.38 Å². The predicted octanol–water partition coefficient (Wildman–Crippen LogP) is 10.9. The molecule has 260 valence electrons. The maximum atomic E-state index is 4.71. The van der Waals surface area contributed by atoms with E-state index in [1.807, 2.05) is 12.4 Å². The summed E-state index contributed by atoms with van der Waals surface area (Å²) in [4.78, 5) is 9.80. The third-order valence-corrected chi connectivity index (χ3v) is 12.1. The lowest BCUT2D eigenvalue weighted by Gasteiger charge is -2.44. The summed E-state index contributed by atoms with van der Waals surface area (Å²) in [6, 6.07) is 47.9. The van der Waals surface area contributed by atoms with Crippen LogP contribution >= 0.6 is 0 Å². The lowest BCUT2D eigenvalue weighted by molar-refractivity contribution is 0.591. The number of anilines is 6. The van der Waals surface area contributed by atoms with Crippen molar-refractivity contribution in [2.75, 3.05) is 9.80 Å². The number of fused-ring (bicyclic) bond motifs is 12. The maximum Gasteiger partial charge on any atom is 0.252 e. The van der Waals surface area contributed by atoms with Crippen LogP contribution in [0.4, 0.5) is 34.1 Å². The van der Waals surface area contributed by atoms with Gasteiger partial charge in [-0.05, 0) is 99.0 Å². The first-order valence-electron chi connectivity index (χ1n) is 19.2. The van der Waals surface area contributed by atoms with Gasteiger partial charge in [-0.2, -0.15) is 0 Å². The smallest absolute Gasteiger partial charge is 0.252 e. The van der Waals surface area contributed by atoms with E-state index in [4.69, 9.17) is 4.98 Å². The highest BCUT2D eigenvalue weighted by atomic mass is 15.2. The van der Waals surface area contributed by atoms with E-state index in [2.05, 4.69) is 183 Å². The summed E-state index contributed by atoms with van der Waals surface area (Å²) in [6.45, 7) is 14.0. The van der Waals surface area contributed by atoms with Crippen molar-refractivity contribution in [2.45, 2.75) is 52.4 Å². The number of aromatic nitrogens is 2. The van der Waals surface area contributed by atoms with Gasteiger partial charge in [0.05, 0.1) is 39.8 Å². The maximum absolute atomic E-state index is 4.71. The van der Waals surface area contributed by atoms with Crippen LogP contribution in [0.1, 0.15) is 52.7 Å². The Balaban J connectivity index is 1.46. The Bertz CT molecular complexity index is 2770. The summed E-state index contributed by atoms with van der Waals surface area (Å²) >= 11 is 0. The molecule has 2 aliphatic rings. The minimum absolute atomic E-state index is 0.00911. The molecule has 54 heavy (non-hydrogen) atoms. The monoisotopic (exact) mass is 696 g/mol. The molecular weight excluding hydrogens is 655 g/mol. The van der Waals surface area contributed by atoms with E-state index in [1.54, 1.807) is 0 Å². The highest BCUT2D eigenvalue weighted by Crippen LogP contribution is 2.54. The van der Waals surface area contributed by atoms with Crippen molar-refractivity contribution >= 4 is 95.3 Å². The van der Waals surface area contributed by atoms with E-state index in [0.717, 1.165) is 11.4 Å². The summed E-state index contributed by atoms with van der Waals surface area (Å²) in [6.07, 6.45) is 3.90. The normalized spacial score (nSPS) is 14.0. The Morgan fingerprint density at radius 2 is 1.02 bits per heavy atom. The van der Waals surface area contributed by atoms with Gasteiger partial charge in [-0.1, -0.05) is 108 Å². The van der Waals surface area contributed by atoms with Crippen LogP contribution in [-0.2, 0) is 10.8 Å². The van der Waals surface area contributed by atoms with E-state index in [1.165, 1.54) is 88.4 Å². The zero-order valence-corrected chi connectivity index (χ0v) is 31.6. The Labute approximate surface area is 316 Å². The van der Waals surface area contributed by atoms with Gasteiger partial charge in [0.25, 0.3) is 6.71 Å². The molecule has 0 atom stereocenters. The largest absolute Gasteiger partial charge is 0.311 e. The molecular formula is C49H41BN4. The lowest BCUT2D eigenvalue weighted by Crippen LogP contribution is -2.61. The third kappa shape index (κ3) is 4.13. The fourth-order valence-electron chi connectivity index (χ4n) is 9.56. The molecule has 5 heteroatoms. The summed E-state index contributed by atoms with van der Waals surface area (Å²) in [5.74, 6) is 0. The average Bonchev–Trinajstić information content (AvgIpc) is 3.69. The van der Waals surface area contributed by atoms with Gasteiger partial charge in [0.2, 0.25) is 0 Å². The molecule has 0 bridgehead atoms. The SMILES string of the molecule is CC(C)(C)c1ccc2c(c1)c1c3c4c(c5c6cc(C(C)(C)C)ccc6n2c15)N(c1cccnc1)c1ccccc1B4c1ccccc1N3c1ccccc1. The van der Waals surface area contributed by atoms with Gasteiger partial charge in [-0.15, -0.1) is 0 Å². The van der Waals surface area contributed by atoms with Gasteiger partial charge in [0.1, 0.15) is 0 Å². The van der Waals surface area contributed by atoms with Crippen LogP contribution < -0.4 is 26.2 Å². The highest BCUT2D eigenvalue weighted by Gasteiger charge is 2.46. The van der Waals surface area contributed by atoms with Crippen LogP contribution in [0.25, 0.3) is 38.1 Å². The molecule has 0 saturated carbocycles. The van der Waals surface area contributed by atoms with Gasteiger partial charge in [-0.25, -0.2) is 0 Å². The summed E-state index contributed by atoms with van der Waals surface area (Å²) in [7, 11) is 0. The van der Waals surface area contributed by atoms with E-state index in [9.17, 15) is 0 Å². The van der Waals surface area contributed by atoms with Crippen molar-refractivity contribution in [3.8, 4) is 0 Å². The van der Waals surface area contributed by atoms with Crippen LogP contribution in [0.3, 0.4) is 0 Å². The molecule has 4 nitrogen and oxygen atoms in total. The quantitative estimate of drug-likeness (QED) is 0.168. The number of para-hydroxylation sites is 3. The minimum Gasteiger partial charge on any atom is -0.311 e. The van der Waals surface area contributed by atoms with E-state index in [-0.39, 0.29) is 17.5 Å². The van der Waals surface area contributed by atoms with Gasteiger partial charge < -0.3 is 14.2 Å². The molecule has 0 N–H and O–H groups in total. The van der Waals surface area contributed by atoms with Crippen molar-refractivity contribution < 1.29 is 0 Å². The van der Waals surface area contributed by atoms with Crippen LogP contribution in [0.5, 0.6) is 0 Å². The number of rotatable bonds is 2. The van der Waals surface area contributed by atoms with Gasteiger partial charge in [0.15, 0.2) is 0 Å². The predicted molar refractivity (Wildman–Crippen MR) is 230 cm³/mol. The average molecular weight is 697 g/mol. The molecule has 0 spiro atoms. The number of hydrogen-bond acceptors (Lipinski definition) is 3. The summed E-state index contributed by atoms with van der Waals surface area (Å²) < 4.78 is 2.58. The van der Waals surface area contributed by atoms with E-state index >= 15 is 0 Å². The van der Waals surface area contributed by atoms with Gasteiger partial charge in [-0.3, -0.25) is 4.98 Å². The van der Waals surface area contributed by atoms with Crippen molar-refractivity contribution in [3.05, 3.63) is 151 Å². The van der Waals surface area contributed by atoms with Crippen LogP contribution in [0.15, 0.2) is 140 Å². The standard InChI is InChI=1S/C49H41BN4/c1-48(2,3)30-22-24-38-34(27-30)42-45-43(35-28-31(49(4,5)6)23-25-39(35)54(38)45)47-44-46(42)52(32-15-8-7-9-16-32)40-20-12-10-18-36(40)50(44)37-19-11-13-21-41(37)53(47)33-17-14-26-51-29-33/h7-29H,1-6H3. The first-order chi connectivity index (χ1) is 26.1. The second kappa shape index (κ2) is 10.8. The highest BCUT2D eigenvalue weighted by molar-refractivity contribution is 7.01. The number of nitrogens with zero attached hydrogens (tertiary/aromatic N) is 4. The third-order valence-electron chi connectivity index (χ3n) is 12.1. The van der Waals surface area contributed by atoms with Crippen LogP contribution in [0.2, 0.25) is 0 Å². The Morgan fingerprint density at radius 1 is 0.519 bits per heavy atom. The van der Waals surface area contributed by atoms with Gasteiger partial charge in [0, 0.05) is 44.8 Å². The summed E-state index contributed by atoms with van der Waals surface area (Å²) in [5.41, 5.74) is 17.5. The molecule has 11 rings (SSSR count). The molecule has 0 unspecified atom stereocenters. The molecule has 2 aliphatic heterocycles. The van der Waals surface area contributed by atoms with Crippen molar-refractivity contribution in [2.24, 2.45) is 0 Å². The molecule has 9 aromatic rings. The Hall–Kier alpha value is -6.07. The Morgan fingerprint density at radius 3 is 1.54 bits per heavy atom. The molecule has 0 saturated heterocycles. The molecule has 0 fully saturated rings. The first-order valence-corrected chi connectivity index (χ1v) is 19.2. The fraction of sp³-hybridized carbons (Fsp3) is 0.163. The van der Waals surface area contributed by atoms with Crippen LogP contribution in [0, 0.1) is 0 Å². The van der Waals surface area contributed by atoms with Crippen molar-refractivity contribution in [3.63, 3.8) is 0 Å².